The summed E-state index contributed by atoms with van der Waals surface area (Å²) in [6, 6.07) is 4.79. The lowest BCUT2D eigenvalue weighted by molar-refractivity contribution is 0.179. The minimum atomic E-state index is -1.95. The highest BCUT2D eigenvalue weighted by Crippen LogP contribution is 2.39. The van der Waals surface area contributed by atoms with E-state index in [0.29, 0.717) is 34.4 Å². The molecule has 0 aliphatic carbocycles. The second-order valence-corrected chi connectivity index (χ2v) is 14.0. The second kappa shape index (κ2) is 6.44. The Bertz CT molecular complexity index is 892. The Kier molecular flexibility index (Phi) is 4.84. The molecule has 8 heteroatoms. The number of aromatic hydroxyl groups is 1. The van der Waals surface area contributed by atoms with Crippen LogP contribution in [0, 0.1) is 0 Å². The molecule has 2 aromatic rings. The van der Waals surface area contributed by atoms with Crippen molar-refractivity contribution >= 4 is 31.5 Å². The summed E-state index contributed by atoms with van der Waals surface area (Å²) in [7, 11) is -1.95. The van der Waals surface area contributed by atoms with E-state index in [1.54, 1.807) is 22.8 Å². The lowest BCUT2D eigenvalue weighted by Gasteiger charge is -2.38. The highest BCUT2D eigenvalue weighted by atomic mass is 35.5. The first kappa shape index (κ1) is 19.5. The van der Waals surface area contributed by atoms with Crippen molar-refractivity contribution in [3.8, 4) is 11.6 Å². The average Bonchev–Trinajstić information content (AvgIpc) is 2.96. The molecule has 26 heavy (non-hydrogen) atoms. The third kappa shape index (κ3) is 3.35. The summed E-state index contributed by atoms with van der Waals surface area (Å²) in [6.07, 6.45) is 0.414. The maximum absolute atomic E-state index is 12.8. The van der Waals surface area contributed by atoms with Gasteiger partial charge < -0.3 is 9.53 Å². The number of fused-ring (bicyclic) bond motifs is 1. The van der Waals surface area contributed by atoms with Crippen molar-refractivity contribution < 1.29 is 9.53 Å². The van der Waals surface area contributed by atoms with Crippen molar-refractivity contribution in [1.29, 1.82) is 0 Å². The van der Waals surface area contributed by atoms with E-state index in [4.69, 9.17) is 27.6 Å². The van der Waals surface area contributed by atoms with Crippen LogP contribution in [-0.2, 0) is 17.4 Å². The van der Waals surface area contributed by atoms with Gasteiger partial charge in [-0.25, -0.2) is 9.36 Å². The molecule has 1 aliphatic heterocycles. The molecule has 142 valence electrons. The first-order valence-corrected chi connectivity index (χ1v) is 12.2. The highest BCUT2D eigenvalue weighted by molar-refractivity contribution is 6.74. The molecule has 3 rings (SSSR count). The molecule has 5 nitrogen and oxygen atoms in total. The average molecular weight is 415 g/mol. The Labute approximate surface area is 164 Å². The molecule has 1 unspecified atom stereocenters. The minimum Gasteiger partial charge on any atom is -0.493 e. The standard InChI is InChI=1S/C18H24Cl2N2O3Si/c1-18(2,3)26(4,5)25-14-9-15-16(23)22(17(24)21(15)10-14)13-7-11(19)6-12(20)8-13/h6-8,14,23H,9-10H2,1-5H3. The number of halogens is 2. The Hall–Kier alpha value is -1.21. The summed E-state index contributed by atoms with van der Waals surface area (Å²) >= 11 is 12.1. The molecule has 0 radical (unpaired) electrons. The SMILES string of the molecule is CC(C)(C)[Si](C)(C)OC1Cc2c(O)n(-c3cc(Cl)cc(Cl)c3)c(=O)n2C1. The lowest BCUT2D eigenvalue weighted by Crippen LogP contribution is -2.44. The molecule has 1 aliphatic rings. The molecule has 1 N–H and O–H groups in total. The number of hydrogen-bond donors (Lipinski definition) is 1. The molecule has 1 aromatic carbocycles. The third-order valence-corrected chi connectivity index (χ3v) is 10.4. The zero-order valence-corrected chi connectivity index (χ0v) is 18.1. The molecule has 1 atom stereocenters. The monoisotopic (exact) mass is 414 g/mol. The fourth-order valence-corrected chi connectivity index (χ4v) is 4.88. The van der Waals surface area contributed by atoms with Gasteiger partial charge in [0, 0.05) is 16.5 Å². The fourth-order valence-electron chi connectivity index (χ4n) is 3.02. The van der Waals surface area contributed by atoms with Crippen LogP contribution in [0.1, 0.15) is 26.5 Å². The molecule has 0 bridgehead atoms. The van der Waals surface area contributed by atoms with Gasteiger partial charge in [0.1, 0.15) is 0 Å². The summed E-state index contributed by atoms with van der Waals surface area (Å²) < 4.78 is 9.25. The Morgan fingerprint density at radius 2 is 1.77 bits per heavy atom. The van der Waals surface area contributed by atoms with Crippen molar-refractivity contribution in [2.24, 2.45) is 0 Å². The van der Waals surface area contributed by atoms with Gasteiger partial charge in [0.25, 0.3) is 0 Å². The van der Waals surface area contributed by atoms with Gasteiger partial charge >= 0.3 is 5.69 Å². The molecular formula is C18H24Cl2N2O3Si. The van der Waals surface area contributed by atoms with E-state index in [-0.39, 0.29) is 22.7 Å². The first-order chi connectivity index (χ1) is 11.9. The molecule has 1 aromatic heterocycles. The predicted octanol–water partition coefficient (Wildman–Crippen LogP) is 4.60. The van der Waals surface area contributed by atoms with Crippen LogP contribution in [0.15, 0.2) is 23.0 Å². The zero-order chi connectivity index (χ0) is 19.4. The van der Waals surface area contributed by atoms with Gasteiger partial charge in [0.15, 0.2) is 8.32 Å². The largest absolute Gasteiger partial charge is 0.493 e. The van der Waals surface area contributed by atoms with E-state index in [0.717, 1.165) is 0 Å². The van der Waals surface area contributed by atoms with Gasteiger partial charge in [-0.1, -0.05) is 44.0 Å². The summed E-state index contributed by atoms with van der Waals surface area (Å²) in [6.45, 7) is 11.4. The number of hydrogen-bond acceptors (Lipinski definition) is 3. The number of aromatic nitrogens is 2. The third-order valence-electron chi connectivity index (χ3n) is 5.40. The Balaban J connectivity index is 1.93. The molecule has 2 heterocycles. The van der Waals surface area contributed by atoms with E-state index in [1.807, 2.05) is 0 Å². The summed E-state index contributed by atoms with van der Waals surface area (Å²) in [5.74, 6) is -0.0744. The van der Waals surface area contributed by atoms with E-state index in [2.05, 4.69) is 33.9 Å². The summed E-state index contributed by atoms with van der Waals surface area (Å²) in [5.41, 5.74) is 0.737. The molecule has 0 spiro atoms. The minimum absolute atomic E-state index is 0.0744. The van der Waals surface area contributed by atoms with Gasteiger partial charge in [-0.2, -0.15) is 0 Å². The van der Waals surface area contributed by atoms with E-state index < -0.39 is 8.32 Å². The number of benzene rings is 1. The van der Waals surface area contributed by atoms with Crippen molar-refractivity contribution in [2.45, 2.75) is 58.0 Å². The van der Waals surface area contributed by atoms with Crippen LogP contribution in [0.5, 0.6) is 5.88 Å². The Morgan fingerprint density at radius 1 is 1.19 bits per heavy atom. The number of nitrogens with zero attached hydrogens (tertiary/aromatic N) is 2. The quantitative estimate of drug-likeness (QED) is 0.746. The van der Waals surface area contributed by atoms with Crippen molar-refractivity contribution in [3.05, 3.63) is 44.4 Å². The predicted molar refractivity (Wildman–Crippen MR) is 107 cm³/mol. The molecule has 0 saturated heterocycles. The van der Waals surface area contributed by atoms with Crippen LogP contribution >= 0.6 is 23.2 Å². The van der Waals surface area contributed by atoms with Crippen LogP contribution in [0.2, 0.25) is 28.2 Å². The lowest BCUT2D eigenvalue weighted by atomic mass is 10.2. The number of imidazole rings is 1. The smallest absolute Gasteiger partial charge is 0.336 e. The summed E-state index contributed by atoms with van der Waals surface area (Å²) in [5, 5.41) is 11.6. The van der Waals surface area contributed by atoms with E-state index in [9.17, 15) is 9.90 Å². The molecule has 0 fully saturated rings. The van der Waals surface area contributed by atoms with Gasteiger partial charge in [0.05, 0.1) is 24.0 Å². The summed E-state index contributed by atoms with van der Waals surface area (Å²) in [4.78, 5) is 12.8. The highest BCUT2D eigenvalue weighted by Gasteiger charge is 2.41. The Morgan fingerprint density at radius 3 is 2.27 bits per heavy atom. The normalized spacial score (nSPS) is 17.6. The number of rotatable bonds is 3. The van der Waals surface area contributed by atoms with Crippen LogP contribution in [0.25, 0.3) is 5.69 Å². The second-order valence-electron chi connectivity index (χ2n) is 8.33. The maximum Gasteiger partial charge on any atom is 0.336 e. The molecular weight excluding hydrogens is 391 g/mol. The van der Waals surface area contributed by atoms with Crippen molar-refractivity contribution in [2.75, 3.05) is 0 Å². The van der Waals surface area contributed by atoms with Gasteiger partial charge in [0.2, 0.25) is 5.88 Å². The van der Waals surface area contributed by atoms with Crippen LogP contribution < -0.4 is 5.69 Å². The molecule has 0 saturated carbocycles. The van der Waals surface area contributed by atoms with Crippen LogP contribution in [0.4, 0.5) is 0 Å². The first-order valence-electron chi connectivity index (χ1n) is 8.58. The van der Waals surface area contributed by atoms with Gasteiger partial charge in [-0.3, -0.25) is 4.57 Å². The fraction of sp³-hybridized carbons (Fsp3) is 0.500. The van der Waals surface area contributed by atoms with Gasteiger partial charge in [-0.15, -0.1) is 0 Å². The maximum atomic E-state index is 12.8. The van der Waals surface area contributed by atoms with Crippen molar-refractivity contribution in [3.63, 3.8) is 0 Å². The zero-order valence-electron chi connectivity index (χ0n) is 15.6. The van der Waals surface area contributed by atoms with Crippen LogP contribution in [-0.4, -0.2) is 28.7 Å². The van der Waals surface area contributed by atoms with Gasteiger partial charge in [-0.05, 0) is 36.3 Å². The van der Waals surface area contributed by atoms with Crippen molar-refractivity contribution in [1.82, 2.24) is 9.13 Å². The molecule has 0 amide bonds. The van der Waals surface area contributed by atoms with Crippen LogP contribution in [0.3, 0.4) is 0 Å². The van der Waals surface area contributed by atoms with E-state index in [1.165, 1.54) is 4.57 Å². The van der Waals surface area contributed by atoms with E-state index >= 15 is 0 Å². The topological polar surface area (TPSA) is 56.4 Å².